The summed E-state index contributed by atoms with van der Waals surface area (Å²) in [4.78, 5) is 20.6. The molecule has 8 heteroatoms. The standard InChI is InChI=1S/C16H15BrClN3O3/c1-23-16-13(17)5-6-14(20-16)15(19)21-24-12(9-22)8-10-3-2-4-11(18)7-10/h2-7,9,12H,8H2,1H3,(H2,19,21). The van der Waals surface area contributed by atoms with Crippen molar-refractivity contribution in [2.24, 2.45) is 10.9 Å². The highest BCUT2D eigenvalue weighted by molar-refractivity contribution is 9.10. The first-order chi connectivity index (χ1) is 11.5. The Balaban J connectivity index is 2.08. The Bertz CT molecular complexity index is 755. The van der Waals surface area contributed by atoms with E-state index < -0.39 is 6.10 Å². The van der Waals surface area contributed by atoms with Gasteiger partial charge >= 0.3 is 0 Å². The Hall–Kier alpha value is -2.12. The number of aromatic nitrogens is 1. The lowest BCUT2D eigenvalue weighted by atomic mass is 10.1. The molecule has 0 fully saturated rings. The van der Waals surface area contributed by atoms with Crippen LogP contribution in [0.2, 0.25) is 5.02 Å². The van der Waals surface area contributed by atoms with Crippen molar-refractivity contribution in [2.45, 2.75) is 12.5 Å². The van der Waals surface area contributed by atoms with Gasteiger partial charge in [-0.2, -0.15) is 0 Å². The van der Waals surface area contributed by atoms with Crippen LogP contribution in [0.15, 0.2) is 46.0 Å². The van der Waals surface area contributed by atoms with E-state index in [1.54, 1.807) is 30.3 Å². The summed E-state index contributed by atoms with van der Waals surface area (Å²) in [5.41, 5.74) is 7.08. The first-order valence-corrected chi connectivity index (χ1v) is 8.10. The van der Waals surface area contributed by atoms with Crippen LogP contribution in [-0.2, 0) is 16.1 Å². The largest absolute Gasteiger partial charge is 0.480 e. The molecule has 0 aliphatic carbocycles. The predicted molar refractivity (Wildman–Crippen MR) is 95.3 cm³/mol. The molecule has 0 radical (unpaired) electrons. The van der Waals surface area contributed by atoms with E-state index in [0.29, 0.717) is 33.8 Å². The Morgan fingerprint density at radius 1 is 1.46 bits per heavy atom. The number of hydrogen-bond acceptors (Lipinski definition) is 5. The molecule has 0 saturated heterocycles. The molecule has 6 nitrogen and oxygen atoms in total. The number of pyridine rings is 1. The van der Waals surface area contributed by atoms with Crippen molar-refractivity contribution in [1.29, 1.82) is 0 Å². The van der Waals surface area contributed by atoms with E-state index in [-0.39, 0.29) is 5.84 Å². The minimum atomic E-state index is -0.778. The van der Waals surface area contributed by atoms with Crippen LogP contribution in [0, 0.1) is 0 Å². The molecule has 0 spiro atoms. The van der Waals surface area contributed by atoms with Gasteiger partial charge in [0.2, 0.25) is 5.88 Å². The van der Waals surface area contributed by atoms with Gasteiger partial charge in [0.1, 0.15) is 5.69 Å². The average Bonchev–Trinajstić information content (AvgIpc) is 2.58. The van der Waals surface area contributed by atoms with Gasteiger partial charge in [-0.15, -0.1) is 0 Å². The highest BCUT2D eigenvalue weighted by Crippen LogP contribution is 2.22. The van der Waals surface area contributed by atoms with Crippen LogP contribution >= 0.6 is 27.5 Å². The first kappa shape index (κ1) is 18.2. The number of carbonyl (C=O) groups excluding carboxylic acids is 1. The molecule has 2 N–H and O–H groups in total. The van der Waals surface area contributed by atoms with Crippen LogP contribution in [0.4, 0.5) is 0 Å². The van der Waals surface area contributed by atoms with E-state index in [2.05, 4.69) is 26.1 Å². The number of aldehydes is 1. The van der Waals surface area contributed by atoms with E-state index in [9.17, 15) is 4.79 Å². The molecular weight excluding hydrogens is 398 g/mol. The normalized spacial score (nSPS) is 12.5. The zero-order valence-corrected chi connectivity index (χ0v) is 15.1. The summed E-state index contributed by atoms with van der Waals surface area (Å²) >= 11 is 9.22. The number of benzene rings is 1. The predicted octanol–water partition coefficient (Wildman–Crippen LogP) is 2.95. The number of oxime groups is 1. The molecule has 0 aliphatic heterocycles. The number of carbonyl (C=O) groups is 1. The fraction of sp³-hybridized carbons (Fsp3) is 0.188. The van der Waals surface area contributed by atoms with Crippen LogP contribution < -0.4 is 10.5 Å². The fourth-order valence-corrected chi connectivity index (χ4v) is 2.48. The minimum Gasteiger partial charge on any atom is -0.480 e. The van der Waals surface area contributed by atoms with Crippen LogP contribution in [0.5, 0.6) is 5.88 Å². The maximum Gasteiger partial charge on any atom is 0.228 e. The lowest BCUT2D eigenvalue weighted by Gasteiger charge is -2.10. The lowest BCUT2D eigenvalue weighted by molar-refractivity contribution is -0.117. The van der Waals surface area contributed by atoms with Crippen LogP contribution in [-0.4, -0.2) is 30.3 Å². The van der Waals surface area contributed by atoms with E-state index >= 15 is 0 Å². The topological polar surface area (TPSA) is 86.8 Å². The molecule has 24 heavy (non-hydrogen) atoms. The van der Waals surface area contributed by atoms with Gasteiger partial charge in [-0.25, -0.2) is 4.98 Å². The molecule has 0 bridgehead atoms. The van der Waals surface area contributed by atoms with Gasteiger partial charge in [-0.05, 0) is 45.8 Å². The molecule has 2 rings (SSSR count). The lowest BCUT2D eigenvalue weighted by Crippen LogP contribution is -2.20. The number of halogens is 2. The minimum absolute atomic E-state index is 0.0405. The summed E-state index contributed by atoms with van der Waals surface area (Å²) in [6.45, 7) is 0. The quantitative estimate of drug-likeness (QED) is 0.327. The van der Waals surface area contributed by atoms with E-state index in [4.69, 9.17) is 26.9 Å². The van der Waals surface area contributed by atoms with Crippen molar-refractivity contribution in [3.8, 4) is 5.88 Å². The number of ether oxygens (including phenoxy) is 1. The van der Waals surface area contributed by atoms with Gasteiger partial charge in [0, 0.05) is 11.4 Å². The second kappa shape index (κ2) is 8.65. The highest BCUT2D eigenvalue weighted by atomic mass is 79.9. The smallest absolute Gasteiger partial charge is 0.228 e. The van der Waals surface area contributed by atoms with Gasteiger partial charge in [-0.1, -0.05) is 28.9 Å². The first-order valence-electron chi connectivity index (χ1n) is 6.93. The summed E-state index contributed by atoms with van der Waals surface area (Å²) in [5.74, 6) is 0.412. The van der Waals surface area contributed by atoms with Crippen molar-refractivity contribution in [3.63, 3.8) is 0 Å². The molecule has 2 aromatic rings. The summed E-state index contributed by atoms with van der Waals surface area (Å²) in [5, 5.41) is 4.38. The van der Waals surface area contributed by atoms with E-state index in [1.807, 2.05) is 6.07 Å². The van der Waals surface area contributed by atoms with Gasteiger partial charge in [0.05, 0.1) is 11.6 Å². The summed E-state index contributed by atoms with van der Waals surface area (Å²) in [6, 6.07) is 10.5. The van der Waals surface area contributed by atoms with E-state index in [0.717, 1.165) is 5.56 Å². The van der Waals surface area contributed by atoms with Gasteiger partial charge in [0.15, 0.2) is 18.2 Å². The monoisotopic (exact) mass is 411 g/mol. The second-order valence-electron chi connectivity index (χ2n) is 4.78. The third-order valence-corrected chi connectivity index (χ3v) is 3.87. The number of nitrogens with two attached hydrogens (primary N) is 1. The maximum absolute atomic E-state index is 11.2. The van der Waals surface area contributed by atoms with E-state index in [1.165, 1.54) is 7.11 Å². The second-order valence-corrected chi connectivity index (χ2v) is 6.07. The molecule has 0 saturated carbocycles. The Kier molecular flexibility index (Phi) is 6.57. The van der Waals surface area contributed by atoms with Crippen molar-refractivity contribution >= 4 is 39.7 Å². The summed E-state index contributed by atoms with van der Waals surface area (Å²) in [7, 11) is 1.49. The Morgan fingerprint density at radius 2 is 2.25 bits per heavy atom. The SMILES string of the molecule is COc1nc(/C(N)=N/OC(C=O)Cc2cccc(Cl)c2)ccc1Br. The number of hydrogen-bond donors (Lipinski definition) is 1. The molecule has 0 aliphatic rings. The fourth-order valence-electron chi connectivity index (χ4n) is 1.89. The third kappa shape index (κ3) is 4.94. The van der Waals surface area contributed by atoms with Crippen molar-refractivity contribution < 1.29 is 14.4 Å². The zero-order valence-electron chi connectivity index (χ0n) is 12.8. The Labute approximate surface area is 152 Å². The van der Waals surface area contributed by atoms with Crippen LogP contribution in [0.1, 0.15) is 11.3 Å². The zero-order chi connectivity index (χ0) is 17.5. The van der Waals surface area contributed by atoms with Crippen LogP contribution in [0.25, 0.3) is 0 Å². The summed E-state index contributed by atoms with van der Waals surface area (Å²) in [6.07, 6.45) is 0.213. The number of methoxy groups -OCH3 is 1. The van der Waals surface area contributed by atoms with Crippen molar-refractivity contribution in [2.75, 3.05) is 7.11 Å². The number of rotatable bonds is 7. The molecule has 1 unspecified atom stereocenters. The van der Waals surface area contributed by atoms with Gasteiger partial charge < -0.3 is 15.3 Å². The molecule has 1 aromatic carbocycles. The van der Waals surface area contributed by atoms with Crippen molar-refractivity contribution in [3.05, 3.63) is 57.2 Å². The number of amidine groups is 1. The van der Waals surface area contributed by atoms with Gasteiger partial charge in [-0.3, -0.25) is 4.79 Å². The molecule has 1 atom stereocenters. The van der Waals surface area contributed by atoms with Crippen molar-refractivity contribution in [1.82, 2.24) is 4.98 Å². The Morgan fingerprint density at radius 3 is 2.92 bits per heavy atom. The van der Waals surface area contributed by atoms with Gasteiger partial charge in [0.25, 0.3) is 0 Å². The average molecular weight is 413 g/mol. The molecule has 1 heterocycles. The summed E-state index contributed by atoms with van der Waals surface area (Å²) < 4.78 is 5.78. The molecule has 1 aromatic heterocycles. The molecule has 0 amide bonds. The van der Waals surface area contributed by atoms with Crippen LogP contribution in [0.3, 0.4) is 0 Å². The third-order valence-electron chi connectivity index (χ3n) is 3.03. The maximum atomic E-state index is 11.2. The molecule has 126 valence electrons. The molecular formula is C16H15BrClN3O3. The number of nitrogens with zero attached hydrogens (tertiary/aromatic N) is 2. The highest BCUT2D eigenvalue weighted by Gasteiger charge is 2.12.